The number of benzene rings is 9. The van der Waals surface area contributed by atoms with Crippen LogP contribution in [0.15, 0.2) is 182 Å². The quantitative estimate of drug-likeness (QED) is 0.181. The average molecular weight is 731 g/mol. The largest absolute Gasteiger partial charge is 0.309 e. The molecule has 0 saturated carbocycles. The minimum absolute atomic E-state index is 0.644. The molecule has 5 heteroatoms. The minimum Gasteiger partial charge on any atom is -0.309 e. The molecule has 4 nitrogen and oxygen atoms in total. The van der Waals surface area contributed by atoms with Crippen LogP contribution in [0.1, 0.15) is 0 Å². The van der Waals surface area contributed by atoms with E-state index >= 15 is 0 Å². The van der Waals surface area contributed by atoms with Crippen LogP contribution in [0, 0.1) is 0 Å². The highest BCUT2D eigenvalue weighted by atomic mass is 32.1. The standard InChI is InChI=1S/C51H30N4S/c1-2-14-32(15-3-1)49-52-50(40-23-12-20-31-13-8-9-21-38(31)40)54-51(53-49)43-29-37(30-47-48(43)42-26-34-17-5-7-19-36(34)28-46(42)56-47)55-44-24-11-10-22-39(44)41-25-33-16-4-6-18-35(33)27-45(41)55/h1-30H. The second-order valence-corrected chi connectivity index (χ2v) is 15.5. The lowest BCUT2D eigenvalue weighted by Gasteiger charge is -2.14. The third-order valence-electron chi connectivity index (χ3n) is 11.2. The van der Waals surface area contributed by atoms with E-state index in [9.17, 15) is 0 Å². The van der Waals surface area contributed by atoms with Crippen LogP contribution in [0.5, 0.6) is 0 Å². The van der Waals surface area contributed by atoms with Gasteiger partial charge in [0.15, 0.2) is 17.5 Å². The maximum atomic E-state index is 5.41. The van der Waals surface area contributed by atoms with E-state index in [2.05, 4.69) is 168 Å². The van der Waals surface area contributed by atoms with Gasteiger partial charge in [-0.25, -0.2) is 15.0 Å². The van der Waals surface area contributed by atoms with E-state index in [0.29, 0.717) is 17.5 Å². The molecule has 0 bridgehead atoms. The van der Waals surface area contributed by atoms with E-state index in [0.717, 1.165) is 44.1 Å². The summed E-state index contributed by atoms with van der Waals surface area (Å²) in [4.78, 5) is 15.9. The number of hydrogen-bond acceptors (Lipinski definition) is 4. The van der Waals surface area contributed by atoms with Gasteiger partial charge < -0.3 is 4.57 Å². The second-order valence-electron chi connectivity index (χ2n) is 14.4. The fourth-order valence-corrected chi connectivity index (χ4v) is 9.76. The van der Waals surface area contributed by atoms with E-state index in [1.807, 2.05) is 29.5 Å². The Kier molecular flexibility index (Phi) is 6.76. The molecular weight excluding hydrogens is 701 g/mol. The Hall–Kier alpha value is -7.21. The van der Waals surface area contributed by atoms with Gasteiger partial charge in [-0.1, -0.05) is 140 Å². The van der Waals surface area contributed by atoms with Gasteiger partial charge >= 0.3 is 0 Å². The normalized spacial score (nSPS) is 11.9. The first-order valence-corrected chi connectivity index (χ1v) is 19.7. The fraction of sp³-hybridized carbons (Fsp3) is 0. The molecule has 0 unspecified atom stereocenters. The average Bonchev–Trinajstić information content (AvgIpc) is 3.78. The predicted octanol–water partition coefficient (Wildman–Crippen LogP) is 13.8. The first-order valence-electron chi connectivity index (χ1n) is 18.8. The first-order chi connectivity index (χ1) is 27.7. The molecule has 0 amide bonds. The van der Waals surface area contributed by atoms with E-state index in [4.69, 9.17) is 15.0 Å². The third kappa shape index (κ3) is 4.81. The molecule has 0 aliphatic rings. The SMILES string of the molecule is c1ccc(-c2nc(-c3cccc4ccccc34)nc(-c3cc(-n4c5ccccc5c5cc6ccccc6cc54)cc4sc5cc6ccccc6cc5c34)n2)cc1. The number of fused-ring (bicyclic) bond motifs is 9. The maximum Gasteiger partial charge on any atom is 0.164 e. The molecule has 12 aromatic rings. The third-order valence-corrected chi connectivity index (χ3v) is 12.3. The summed E-state index contributed by atoms with van der Waals surface area (Å²) < 4.78 is 4.84. The van der Waals surface area contributed by atoms with Crippen LogP contribution >= 0.6 is 11.3 Å². The number of nitrogens with zero attached hydrogens (tertiary/aromatic N) is 4. The molecule has 3 aromatic heterocycles. The van der Waals surface area contributed by atoms with Crippen molar-refractivity contribution >= 4 is 85.6 Å². The first kappa shape index (κ1) is 31.2. The molecule has 0 aliphatic heterocycles. The minimum atomic E-state index is 0.644. The second kappa shape index (κ2) is 12.2. The molecule has 0 fully saturated rings. The van der Waals surface area contributed by atoms with Gasteiger partial charge in [0, 0.05) is 53.3 Å². The Labute approximate surface area is 325 Å². The summed E-state index contributed by atoms with van der Waals surface area (Å²) in [5.74, 6) is 1.94. The van der Waals surface area contributed by atoms with Crippen molar-refractivity contribution in [3.8, 4) is 39.9 Å². The van der Waals surface area contributed by atoms with Crippen molar-refractivity contribution in [3.05, 3.63) is 182 Å². The number of thiophene rings is 1. The van der Waals surface area contributed by atoms with Crippen molar-refractivity contribution in [1.29, 1.82) is 0 Å². The van der Waals surface area contributed by atoms with Gasteiger partial charge in [-0.3, -0.25) is 0 Å². The number of rotatable bonds is 4. The Morgan fingerprint density at radius 3 is 1.73 bits per heavy atom. The summed E-state index contributed by atoms with van der Waals surface area (Å²) in [5, 5.41) is 11.9. The molecule has 0 saturated heterocycles. The summed E-state index contributed by atoms with van der Waals surface area (Å²) >= 11 is 1.83. The number of hydrogen-bond donors (Lipinski definition) is 0. The molecule has 3 heterocycles. The molecule has 9 aromatic carbocycles. The van der Waals surface area contributed by atoms with Gasteiger partial charge in [-0.2, -0.15) is 0 Å². The summed E-state index contributed by atoms with van der Waals surface area (Å²) in [5.41, 5.74) is 6.30. The number of aromatic nitrogens is 4. The van der Waals surface area contributed by atoms with Crippen molar-refractivity contribution in [3.63, 3.8) is 0 Å². The van der Waals surface area contributed by atoms with Gasteiger partial charge in [-0.05, 0) is 74.8 Å². The van der Waals surface area contributed by atoms with E-state index in [-0.39, 0.29) is 0 Å². The van der Waals surface area contributed by atoms with Crippen molar-refractivity contribution in [2.45, 2.75) is 0 Å². The van der Waals surface area contributed by atoms with Crippen LogP contribution in [-0.4, -0.2) is 19.5 Å². The van der Waals surface area contributed by atoms with Gasteiger partial charge in [0.1, 0.15) is 0 Å². The Bertz CT molecular complexity index is 3540. The zero-order chi connectivity index (χ0) is 36.7. The lowest BCUT2D eigenvalue weighted by molar-refractivity contribution is 1.08. The van der Waals surface area contributed by atoms with Gasteiger partial charge in [0.25, 0.3) is 0 Å². The van der Waals surface area contributed by atoms with E-state index in [1.54, 1.807) is 0 Å². The summed E-state index contributed by atoms with van der Waals surface area (Å²) in [7, 11) is 0. The monoisotopic (exact) mass is 730 g/mol. The molecule has 260 valence electrons. The van der Waals surface area contributed by atoms with Crippen LogP contribution in [0.3, 0.4) is 0 Å². The van der Waals surface area contributed by atoms with Crippen molar-refractivity contribution < 1.29 is 0 Å². The zero-order valence-corrected chi connectivity index (χ0v) is 30.8. The highest BCUT2D eigenvalue weighted by Crippen LogP contribution is 2.45. The lowest BCUT2D eigenvalue weighted by Crippen LogP contribution is -2.02. The van der Waals surface area contributed by atoms with Crippen LogP contribution in [0.2, 0.25) is 0 Å². The Balaban J connectivity index is 1.22. The van der Waals surface area contributed by atoms with Crippen molar-refractivity contribution in [2.75, 3.05) is 0 Å². The van der Waals surface area contributed by atoms with E-state index < -0.39 is 0 Å². The summed E-state index contributed by atoms with van der Waals surface area (Å²) in [6, 6.07) is 65.1. The van der Waals surface area contributed by atoms with Crippen molar-refractivity contribution in [2.24, 2.45) is 0 Å². The molecule has 0 aliphatic carbocycles. The van der Waals surface area contributed by atoms with Crippen LogP contribution in [-0.2, 0) is 0 Å². The summed E-state index contributed by atoms with van der Waals surface area (Å²) in [6.45, 7) is 0. The van der Waals surface area contributed by atoms with E-state index in [1.165, 1.54) is 52.6 Å². The van der Waals surface area contributed by atoms with Crippen LogP contribution in [0.4, 0.5) is 0 Å². The summed E-state index contributed by atoms with van der Waals surface area (Å²) in [6.07, 6.45) is 0. The number of para-hydroxylation sites is 1. The molecule has 56 heavy (non-hydrogen) atoms. The Morgan fingerprint density at radius 1 is 0.357 bits per heavy atom. The van der Waals surface area contributed by atoms with Crippen LogP contribution in [0.25, 0.3) is 114 Å². The van der Waals surface area contributed by atoms with Gasteiger partial charge in [-0.15, -0.1) is 11.3 Å². The smallest absolute Gasteiger partial charge is 0.164 e. The molecule has 0 atom stereocenters. The van der Waals surface area contributed by atoms with Crippen molar-refractivity contribution in [1.82, 2.24) is 19.5 Å². The maximum absolute atomic E-state index is 5.41. The highest BCUT2D eigenvalue weighted by Gasteiger charge is 2.22. The highest BCUT2D eigenvalue weighted by molar-refractivity contribution is 7.26. The predicted molar refractivity (Wildman–Crippen MR) is 236 cm³/mol. The molecule has 12 rings (SSSR count). The fourth-order valence-electron chi connectivity index (χ4n) is 8.57. The molecule has 0 spiro atoms. The lowest BCUT2D eigenvalue weighted by atomic mass is 10.0. The molecular formula is C51H30N4S. The Morgan fingerprint density at radius 2 is 0.946 bits per heavy atom. The molecule has 0 N–H and O–H groups in total. The topological polar surface area (TPSA) is 43.6 Å². The van der Waals surface area contributed by atoms with Crippen LogP contribution < -0.4 is 0 Å². The van der Waals surface area contributed by atoms with Gasteiger partial charge in [0.2, 0.25) is 0 Å². The zero-order valence-electron chi connectivity index (χ0n) is 30.0. The molecule has 0 radical (unpaired) electrons. The van der Waals surface area contributed by atoms with Gasteiger partial charge in [0.05, 0.1) is 11.0 Å².